The molecule has 4 heterocycles. The van der Waals surface area contributed by atoms with Crippen LogP contribution in [0.5, 0.6) is 0 Å². The van der Waals surface area contributed by atoms with Crippen LogP contribution in [0.4, 0.5) is 0 Å². The van der Waals surface area contributed by atoms with E-state index in [9.17, 15) is 9.59 Å². The second-order valence-corrected chi connectivity index (χ2v) is 13.0. The third-order valence-electron chi connectivity index (χ3n) is 8.25. The predicted octanol–water partition coefficient (Wildman–Crippen LogP) is 8.11. The number of methoxy groups -OCH3 is 1. The van der Waals surface area contributed by atoms with Crippen LogP contribution in [0.2, 0.25) is 0 Å². The first-order valence-corrected chi connectivity index (χ1v) is 16.9. The van der Waals surface area contributed by atoms with Gasteiger partial charge < -0.3 is 19.5 Å². The third-order valence-corrected chi connectivity index (χ3v) is 9.37. The Kier molecular flexibility index (Phi) is 13.1. The number of carbonyl (C=O) groups is 1. The van der Waals surface area contributed by atoms with Crippen LogP contribution in [0.25, 0.3) is 27.2 Å². The maximum atomic E-state index is 13.2. The number of nitrogens with zero attached hydrogens (tertiary/aromatic N) is 3. The van der Waals surface area contributed by atoms with E-state index in [1.165, 1.54) is 35.5 Å². The molecule has 1 N–H and O–H groups in total. The summed E-state index contributed by atoms with van der Waals surface area (Å²) >= 11 is 1.60. The molecule has 2 aliphatic rings. The Balaban J connectivity index is 0.000000488. The maximum Gasteiger partial charge on any atom is 0.254 e. The van der Waals surface area contributed by atoms with Crippen LogP contribution in [0.15, 0.2) is 115 Å². The summed E-state index contributed by atoms with van der Waals surface area (Å²) in [6.45, 7) is 13.7. The lowest BCUT2D eigenvalue weighted by atomic mass is 10.0. The SMILES string of the molecule is C=C(OC)c1cnc2c(c1)c(-c1ccc(CNC(=O)C3=CC=CN(Cc4ccc(C)c(C)c4)C3=C=O)s1)cn2C.C=C=O.CC1=CCCC=C1. The molecule has 0 fully saturated rings. The summed E-state index contributed by atoms with van der Waals surface area (Å²) in [5, 5.41) is 3.97. The molecule has 256 valence electrons. The molecular weight excluding hydrogens is 645 g/mol. The number of hydrogen-bond acceptors (Lipinski definition) is 7. The van der Waals surface area contributed by atoms with Crippen LogP contribution >= 0.6 is 11.3 Å². The summed E-state index contributed by atoms with van der Waals surface area (Å²) in [7, 11) is 3.56. The highest BCUT2D eigenvalue weighted by molar-refractivity contribution is 7.15. The summed E-state index contributed by atoms with van der Waals surface area (Å²) in [5.74, 6) is 3.47. The van der Waals surface area contributed by atoms with E-state index in [4.69, 9.17) is 9.53 Å². The first-order chi connectivity index (χ1) is 24.1. The lowest BCUT2D eigenvalue weighted by Gasteiger charge is -2.25. The highest BCUT2D eigenvalue weighted by Gasteiger charge is 2.23. The van der Waals surface area contributed by atoms with Crippen molar-refractivity contribution in [3.63, 3.8) is 0 Å². The Bertz CT molecular complexity index is 2100. The fraction of sp³-hybridized carbons (Fsp3) is 0.220. The van der Waals surface area contributed by atoms with Crippen LogP contribution in [0.3, 0.4) is 0 Å². The number of pyridine rings is 1. The minimum atomic E-state index is -0.320. The smallest absolute Gasteiger partial charge is 0.254 e. The van der Waals surface area contributed by atoms with Gasteiger partial charge in [-0.05, 0) is 87.2 Å². The molecule has 1 amide bonds. The van der Waals surface area contributed by atoms with Crippen molar-refractivity contribution in [2.45, 2.75) is 46.7 Å². The number of aryl methyl sites for hydroxylation is 3. The molecule has 1 aliphatic carbocycles. The summed E-state index contributed by atoms with van der Waals surface area (Å²) in [6.07, 6.45) is 18.2. The number of aromatic nitrogens is 2. The van der Waals surface area contributed by atoms with E-state index < -0.39 is 0 Å². The summed E-state index contributed by atoms with van der Waals surface area (Å²) < 4.78 is 7.28. The van der Waals surface area contributed by atoms with Crippen LogP contribution < -0.4 is 5.32 Å². The number of benzene rings is 1. The molecule has 0 radical (unpaired) electrons. The molecule has 3 aromatic heterocycles. The van der Waals surface area contributed by atoms with Gasteiger partial charge in [-0.1, -0.05) is 48.6 Å². The predicted molar refractivity (Wildman–Crippen MR) is 203 cm³/mol. The van der Waals surface area contributed by atoms with Gasteiger partial charge in [-0.25, -0.2) is 14.6 Å². The number of thiophene rings is 1. The lowest BCUT2D eigenvalue weighted by molar-refractivity contribution is -0.117. The van der Waals surface area contributed by atoms with Crippen molar-refractivity contribution in [3.8, 4) is 10.4 Å². The first kappa shape index (κ1) is 37.1. The topological polar surface area (TPSA) is 93.5 Å². The van der Waals surface area contributed by atoms with Gasteiger partial charge in [-0.15, -0.1) is 11.3 Å². The summed E-state index contributed by atoms with van der Waals surface area (Å²) in [6, 6.07) is 12.3. The van der Waals surface area contributed by atoms with E-state index in [1.54, 1.807) is 47.9 Å². The highest BCUT2D eigenvalue weighted by Crippen LogP contribution is 2.35. The molecule has 1 aliphatic heterocycles. The molecule has 0 bridgehead atoms. The fourth-order valence-corrected chi connectivity index (χ4v) is 6.40. The number of rotatable bonds is 8. The largest absolute Gasteiger partial charge is 0.497 e. The number of allylic oxidation sites excluding steroid dienone is 6. The lowest BCUT2D eigenvalue weighted by Crippen LogP contribution is -2.30. The molecule has 0 saturated carbocycles. The molecule has 0 atom stereocenters. The van der Waals surface area contributed by atoms with E-state index in [0.29, 0.717) is 24.4 Å². The Labute approximate surface area is 297 Å². The Morgan fingerprint density at radius 3 is 2.52 bits per heavy atom. The number of hydrogen-bond donors (Lipinski definition) is 1. The molecule has 1 aromatic carbocycles. The van der Waals surface area contributed by atoms with Crippen molar-refractivity contribution in [2.24, 2.45) is 7.05 Å². The van der Waals surface area contributed by atoms with E-state index >= 15 is 0 Å². The monoisotopic (exact) mass is 686 g/mol. The number of ether oxygens (including phenoxy) is 1. The van der Waals surface area contributed by atoms with Gasteiger partial charge in [0, 0.05) is 58.5 Å². The van der Waals surface area contributed by atoms with E-state index in [2.05, 4.69) is 80.8 Å². The normalized spacial score (nSPS) is 13.1. The second-order valence-electron chi connectivity index (χ2n) is 11.8. The molecule has 0 spiro atoms. The average molecular weight is 687 g/mol. The van der Waals surface area contributed by atoms with Gasteiger partial charge in [0.25, 0.3) is 5.91 Å². The molecule has 50 heavy (non-hydrogen) atoms. The molecule has 4 aromatic rings. The standard InChI is InChI=1S/C32H30N4O3S.C7H10.C2H2O/c1-20-8-9-23(13-21(20)2)17-36-12-6-7-26(29(36)19-37)32(38)34-16-25-10-11-30(40-25)28-18-35(4)31-27(28)14-24(15-33-31)22(3)39-5;1-7-5-3-2-4-6-7;1-2-3/h6-15,18H,3,16-17H2,1-2,4-5H3,(H,34,38);3,5-6H,2,4H2,1H3;1H2. The van der Waals surface area contributed by atoms with Crippen molar-refractivity contribution in [2.75, 3.05) is 7.11 Å². The van der Waals surface area contributed by atoms with Crippen molar-refractivity contribution < 1.29 is 19.1 Å². The van der Waals surface area contributed by atoms with Gasteiger partial charge in [0.05, 0.1) is 19.2 Å². The van der Waals surface area contributed by atoms with Gasteiger partial charge >= 0.3 is 0 Å². The van der Waals surface area contributed by atoms with E-state index in [1.807, 2.05) is 41.8 Å². The van der Waals surface area contributed by atoms with Crippen LogP contribution in [0.1, 0.15) is 46.9 Å². The summed E-state index contributed by atoms with van der Waals surface area (Å²) in [4.78, 5) is 42.1. The Morgan fingerprint density at radius 2 is 1.88 bits per heavy atom. The van der Waals surface area contributed by atoms with Gasteiger partial charge in [0.15, 0.2) is 5.94 Å². The summed E-state index contributed by atoms with van der Waals surface area (Å²) in [5.41, 5.74) is 8.10. The minimum absolute atomic E-state index is 0.224. The van der Waals surface area contributed by atoms with Crippen molar-refractivity contribution in [3.05, 3.63) is 143 Å². The van der Waals surface area contributed by atoms with Gasteiger partial charge in [-0.2, -0.15) is 0 Å². The zero-order chi connectivity index (χ0) is 36.2. The Morgan fingerprint density at radius 1 is 1.10 bits per heavy atom. The molecular formula is C41H42N4O4S. The van der Waals surface area contributed by atoms with Gasteiger partial charge in [-0.3, -0.25) is 4.79 Å². The van der Waals surface area contributed by atoms with Crippen LogP contribution in [-0.4, -0.2) is 39.4 Å². The average Bonchev–Trinajstić information content (AvgIpc) is 3.73. The fourth-order valence-electron chi connectivity index (χ4n) is 5.43. The van der Waals surface area contributed by atoms with Crippen LogP contribution in [-0.2, 0) is 39.3 Å². The minimum Gasteiger partial charge on any atom is -0.497 e. The number of carbonyl (C=O) groups excluding carboxylic acids is 3. The quantitative estimate of drug-likeness (QED) is 0.149. The zero-order valence-electron chi connectivity index (χ0n) is 29.2. The second kappa shape index (κ2) is 17.6. The molecule has 0 saturated heterocycles. The van der Waals surface area contributed by atoms with Crippen LogP contribution in [0, 0.1) is 13.8 Å². The number of amides is 1. The molecule has 9 heteroatoms. The molecule has 0 unspecified atom stereocenters. The van der Waals surface area contributed by atoms with Gasteiger partial charge in [0.2, 0.25) is 0 Å². The number of nitrogens with one attached hydrogen (secondary N) is 1. The van der Waals surface area contributed by atoms with Crippen molar-refractivity contribution in [1.29, 1.82) is 0 Å². The van der Waals surface area contributed by atoms with E-state index in [0.717, 1.165) is 37.5 Å². The third kappa shape index (κ3) is 9.24. The molecule has 6 rings (SSSR count). The Hall–Kier alpha value is -5.72. The van der Waals surface area contributed by atoms with Gasteiger partial charge in [0.1, 0.15) is 23.0 Å². The van der Waals surface area contributed by atoms with Crippen molar-refractivity contribution >= 4 is 45.9 Å². The maximum absolute atomic E-state index is 13.2. The zero-order valence-corrected chi connectivity index (χ0v) is 30.0. The molecule has 8 nitrogen and oxygen atoms in total. The van der Waals surface area contributed by atoms with Crippen molar-refractivity contribution in [1.82, 2.24) is 19.8 Å². The number of fused-ring (bicyclic) bond motifs is 1. The highest BCUT2D eigenvalue weighted by atomic mass is 32.1. The van der Waals surface area contributed by atoms with E-state index in [-0.39, 0.29) is 11.6 Å². The first-order valence-electron chi connectivity index (χ1n) is 16.1.